The predicted octanol–water partition coefficient (Wildman–Crippen LogP) is -1.82. The molecule has 4 nitrogen and oxygen atoms in total. The van der Waals surface area contributed by atoms with E-state index in [1.807, 2.05) is 0 Å². The van der Waals surface area contributed by atoms with Crippen molar-refractivity contribution in [1.29, 1.82) is 0 Å². The molecule has 0 fully saturated rings. The average molecular weight is 121 g/mol. The van der Waals surface area contributed by atoms with Crippen LogP contribution in [0.2, 0.25) is 0 Å². The first-order chi connectivity index (χ1) is 3.66. The minimum Gasteiger partial charge on any atom is -0.381 e. The predicted molar refractivity (Wildman–Crippen MR) is 27.9 cm³/mol. The van der Waals surface area contributed by atoms with Gasteiger partial charge in [0.05, 0.1) is 13.3 Å². The lowest BCUT2D eigenvalue weighted by molar-refractivity contribution is -0.0679. The molecule has 0 heterocycles. The average Bonchev–Trinajstić information content (AvgIpc) is 1.65. The molecule has 0 aliphatic heterocycles. The Labute approximate surface area is 48.0 Å². The highest BCUT2D eigenvalue weighted by Gasteiger charge is 1.99. The topological polar surface area (TPSA) is 63.9 Å². The van der Waals surface area contributed by atoms with E-state index in [2.05, 4.69) is 0 Å². The van der Waals surface area contributed by atoms with Crippen LogP contribution in [0.5, 0.6) is 0 Å². The number of rotatable bonds is 3. The summed E-state index contributed by atoms with van der Waals surface area (Å²) in [4.78, 5) is 1.38. The van der Waals surface area contributed by atoms with Crippen molar-refractivity contribution >= 4 is 0 Å². The van der Waals surface area contributed by atoms with Gasteiger partial charge in [0, 0.05) is 0 Å². The summed E-state index contributed by atoms with van der Waals surface area (Å²) in [5.41, 5.74) is 0. The van der Waals surface area contributed by atoms with Crippen molar-refractivity contribution in [3.8, 4) is 0 Å². The maximum absolute atomic E-state index is 8.29. The number of aliphatic hydroxyl groups is 3. The molecule has 0 atom stereocenters. The van der Waals surface area contributed by atoms with Gasteiger partial charge in [0.2, 0.25) is 0 Å². The zero-order valence-electron chi connectivity index (χ0n) is 4.78. The zero-order chi connectivity index (χ0) is 6.57. The molecule has 8 heavy (non-hydrogen) atoms. The van der Waals surface area contributed by atoms with Crippen molar-refractivity contribution in [1.82, 2.24) is 4.90 Å². The quantitative estimate of drug-likeness (QED) is 0.385. The van der Waals surface area contributed by atoms with Gasteiger partial charge in [-0.25, -0.2) is 0 Å². The summed E-state index contributed by atoms with van der Waals surface area (Å²) in [5, 5.41) is 24.8. The minimum absolute atomic E-state index is 0.0799. The van der Waals surface area contributed by atoms with Gasteiger partial charge in [-0.05, 0) is 7.05 Å². The van der Waals surface area contributed by atoms with Crippen molar-refractivity contribution in [2.24, 2.45) is 0 Å². The maximum Gasteiger partial charge on any atom is 0.164 e. The molecule has 0 aromatic carbocycles. The summed E-state index contributed by atoms with van der Waals surface area (Å²) >= 11 is 0. The highest BCUT2D eigenvalue weighted by molar-refractivity contribution is 4.43. The summed E-state index contributed by atoms with van der Waals surface area (Å²) in [6.45, 7) is -0.0753. The Balaban J connectivity index is 3.10. The molecule has 0 saturated heterocycles. The fourth-order valence-electron chi connectivity index (χ4n) is 0.337. The van der Waals surface area contributed by atoms with Gasteiger partial charge in [0.25, 0.3) is 0 Å². The van der Waals surface area contributed by atoms with E-state index in [1.54, 1.807) is 7.05 Å². The Morgan fingerprint density at radius 3 is 2.12 bits per heavy atom. The van der Waals surface area contributed by atoms with Crippen molar-refractivity contribution in [2.75, 3.05) is 20.3 Å². The second-order valence-electron chi connectivity index (χ2n) is 1.66. The van der Waals surface area contributed by atoms with Crippen molar-refractivity contribution in [2.45, 2.75) is 6.29 Å². The Morgan fingerprint density at radius 1 is 1.50 bits per heavy atom. The van der Waals surface area contributed by atoms with E-state index in [0.717, 1.165) is 0 Å². The number of hydrogen-bond donors (Lipinski definition) is 3. The molecule has 3 N–H and O–H groups in total. The maximum atomic E-state index is 8.29. The first-order valence-electron chi connectivity index (χ1n) is 2.32. The summed E-state index contributed by atoms with van der Waals surface area (Å²) < 4.78 is 0. The lowest BCUT2D eigenvalue weighted by Gasteiger charge is -2.12. The molecule has 4 heteroatoms. The van der Waals surface area contributed by atoms with Crippen LogP contribution in [0.4, 0.5) is 0 Å². The highest BCUT2D eigenvalue weighted by atomic mass is 16.5. The highest BCUT2D eigenvalue weighted by Crippen LogP contribution is 1.80. The lowest BCUT2D eigenvalue weighted by atomic mass is 10.6. The molecule has 0 aliphatic carbocycles. The molecule has 0 amide bonds. The fourth-order valence-corrected chi connectivity index (χ4v) is 0.337. The molecule has 0 unspecified atom stereocenters. The second-order valence-corrected chi connectivity index (χ2v) is 1.66. The summed E-state index contributed by atoms with van der Waals surface area (Å²) in [6, 6.07) is 0. The van der Waals surface area contributed by atoms with E-state index in [9.17, 15) is 0 Å². The van der Waals surface area contributed by atoms with E-state index in [4.69, 9.17) is 15.3 Å². The van der Waals surface area contributed by atoms with Crippen LogP contribution in [0.15, 0.2) is 0 Å². The largest absolute Gasteiger partial charge is 0.381 e. The van der Waals surface area contributed by atoms with Crippen LogP contribution in [-0.2, 0) is 0 Å². The van der Waals surface area contributed by atoms with Crippen LogP contribution in [-0.4, -0.2) is 46.8 Å². The number of nitrogens with zero attached hydrogens (tertiary/aromatic N) is 1. The van der Waals surface area contributed by atoms with E-state index < -0.39 is 6.29 Å². The Hall–Kier alpha value is -0.160. The first kappa shape index (κ1) is 7.84. The van der Waals surface area contributed by atoms with Crippen LogP contribution in [0, 0.1) is 0 Å². The minimum atomic E-state index is -1.35. The van der Waals surface area contributed by atoms with Crippen LogP contribution < -0.4 is 0 Å². The third kappa shape index (κ3) is 4.01. The van der Waals surface area contributed by atoms with Crippen LogP contribution in [0.1, 0.15) is 0 Å². The summed E-state index contributed by atoms with van der Waals surface area (Å²) in [5.74, 6) is 0. The van der Waals surface area contributed by atoms with Crippen LogP contribution >= 0.6 is 0 Å². The van der Waals surface area contributed by atoms with Gasteiger partial charge in [0.15, 0.2) is 6.29 Å². The van der Waals surface area contributed by atoms with Gasteiger partial charge in [-0.3, -0.25) is 4.90 Å². The Bertz CT molecular complexity index is 57.2. The monoisotopic (exact) mass is 121 g/mol. The van der Waals surface area contributed by atoms with Crippen LogP contribution in [0.25, 0.3) is 0 Å². The van der Waals surface area contributed by atoms with E-state index in [1.165, 1.54) is 4.90 Å². The Kier molecular flexibility index (Phi) is 3.72. The standard InChI is InChI=1S/C4H11NO3/c1-5(3-6)2-4(7)8/h4,6-8H,2-3H2,1H3. The van der Waals surface area contributed by atoms with Gasteiger partial charge in [0.1, 0.15) is 0 Å². The van der Waals surface area contributed by atoms with Crippen molar-refractivity contribution in [3.63, 3.8) is 0 Å². The van der Waals surface area contributed by atoms with Gasteiger partial charge < -0.3 is 15.3 Å². The lowest BCUT2D eigenvalue weighted by Crippen LogP contribution is -2.29. The second kappa shape index (κ2) is 3.80. The van der Waals surface area contributed by atoms with Gasteiger partial charge in [-0.2, -0.15) is 0 Å². The summed E-state index contributed by atoms with van der Waals surface area (Å²) in [6.07, 6.45) is -1.35. The van der Waals surface area contributed by atoms with Gasteiger partial charge >= 0.3 is 0 Å². The molecule has 0 spiro atoms. The molecular formula is C4H11NO3. The molecule has 0 bridgehead atoms. The zero-order valence-corrected chi connectivity index (χ0v) is 4.78. The number of hydrogen-bond acceptors (Lipinski definition) is 4. The molecular weight excluding hydrogens is 110 g/mol. The van der Waals surface area contributed by atoms with E-state index in [-0.39, 0.29) is 13.3 Å². The molecule has 0 aliphatic rings. The summed E-state index contributed by atoms with van der Waals surface area (Å²) in [7, 11) is 1.58. The van der Waals surface area contributed by atoms with Gasteiger partial charge in [-0.15, -0.1) is 0 Å². The number of aliphatic hydroxyl groups excluding tert-OH is 2. The van der Waals surface area contributed by atoms with E-state index in [0.29, 0.717) is 0 Å². The third-order valence-corrected chi connectivity index (χ3v) is 0.716. The van der Waals surface area contributed by atoms with Crippen molar-refractivity contribution < 1.29 is 15.3 Å². The molecule has 0 aromatic heterocycles. The van der Waals surface area contributed by atoms with Gasteiger partial charge in [-0.1, -0.05) is 0 Å². The fraction of sp³-hybridized carbons (Fsp3) is 1.00. The Morgan fingerprint density at radius 2 is 2.00 bits per heavy atom. The molecule has 0 radical (unpaired) electrons. The third-order valence-electron chi connectivity index (χ3n) is 0.716. The molecule has 0 aromatic rings. The first-order valence-corrected chi connectivity index (χ1v) is 2.32. The SMILES string of the molecule is CN(CO)CC(O)O. The smallest absolute Gasteiger partial charge is 0.164 e. The van der Waals surface area contributed by atoms with Crippen molar-refractivity contribution in [3.05, 3.63) is 0 Å². The number of likely N-dealkylation sites (N-methyl/N-ethyl adjacent to an activating group) is 1. The molecule has 0 saturated carbocycles. The van der Waals surface area contributed by atoms with E-state index >= 15 is 0 Å². The van der Waals surface area contributed by atoms with Crippen LogP contribution in [0.3, 0.4) is 0 Å². The normalized spacial score (nSPS) is 11.2. The molecule has 0 rings (SSSR count). The molecule has 50 valence electrons.